The molecule has 0 heterocycles. The van der Waals surface area contributed by atoms with E-state index in [2.05, 4.69) is 46.4 Å². The summed E-state index contributed by atoms with van der Waals surface area (Å²) in [7, 11) is 0. The van der Waals surface area contributed by atoms with Crippen LogP contribution in [0.15, 0.2) is 0 Å². The van der Waals surface area contributed by atoms with E-state index in [9.17, 15) is 0 Å². The van der Waals surface area contributed by atoms with Crippen LogP contribution >= 0.6 is 0 Å². The van der Waals surface area contributed by atoms with E-state index in [0.29, 0.717) is 12.1 Å². The summed E-state index contributed by atoms with van der Waals surface area (Å²) < 4.78 is 0. The summed E-state index contributed by atoms with van der Waals surface area (Å²) in [6.07, 6.45) is 1.06. The maximum atomic E-state index is 6.13. The van der Waals surface area contributed by atoms with Crippen LogP contribution in [0.5, 0.6) is 0 Å². The molecule has 0 amide bonds. The van der Waals surface area contributed by atoms with Gasteiger partial charge in [0.1, 0.15) is 0 Å². The average molecular weight is 214 g/mol. The van der Waals surface area contributed by atoms with Crippen LogP contribution in [0, 0.1) is 11.8 Å². The van der Waals surface area contributed by atoms with Crippen molar-refractivity contribution >= 4 is 0 Å². The Hall–Kier alpha value is -0.0800. The Labute approximate surface area is 96.2 Å². The molecule has 0 aromatic rings. The predicted molar refractivity (Wildman–Crippen MR) is 69.0 cm³/mol. The van der Waals surface area contributed by atoms with E-state index < -0.39 is 0 Å². The molecule has 2 atom stereocenters. The van der Waals surface area contributed by atoms with Gasteiger partial charge in [0.25, 0.3) is 0 Å². The van der Waals surface area contributed by atoms with E-state index in [-0.39, 0.29) is 0 Å². The van der Waals surface area contributed by atoms with Crippen molar-refractivity contribution in [2.75, 3.05) is 13.1 Å². The lowest BCUT2D eigenvalue weighted by Gasteiger charge is -2.35. The van der Waals surface area contributed by atoms with E-state index in [1.807, 2.05) is 0 Å². The molecule has 92 valence electrons. The van der Waals surface area contributed by atoms with E-state index in [4.69, 9.17) is 5.73 Å². The first kappa shape index (κ1) is 14.9. The van der Waals surface area contributed by atoms with Crippen LogP contribution in [-0.2, 0) is 0 Å². The van der Waals surface area contributed by atoms with Crippen LogP contribution in [0.25, 0.3) is 0 Å². The molecule has 2 heteroatoms. The molecule has 0 aliphatic rings. The summed E-state index contributed by atoms with van der Waals surface area (Å²) in [6.45, 7) is 15.9. The van der Waals surface area contributed by atoms with Gasteiger partial charge in [-0.2, -0.15) is 0 Å². The topological polar surface area (TPSA) is 29.3 Å². The van der Waals surface area contributed by atoms with Gasteiger partial charge in [-0.15, -0.1) is 0 Å². The molecular weight excluding hydrogens is 184 g/mol. The molecule has 0 aromatic heterocycles. The molecule has 0 saturated heterocycles. The number of rotatable bonds is 7. The first-order chi connectivity index (χ1) is 6.88. The van der Waals surface area contributed by atoms with Gasteiger partial charge in [-0.1, -0.05) is 34.6 Å². The fourth-order valence-electron chi connectivity index (χ4n) is 1.96. The van der Waals surface area contributed by atoms with Crippen molar-refractivity contribution in [3.63, 3.8) is 0 Å². The van der Waals surface area contributed by atoms with Crippen molar-refractivity contribution in [3.8, 4) is 0 Å². The van der Waals surface area contributed by atoms with Gasteiger partial charge in [0.15, 0.2) is 0 Å². The van der Waals surface area contributed by atoms with Gasteiger partial charge < -0.3 is 5.73 Å². The zero-order valence-corrected chi connectivity index (χ0v) is 11.5. The molecule has 0 aromatic carbocycles. The molecule has 0 aliphatic heterocycles. The fraction of sp³-hybridized carbons (Fsp3) is 1.00. The molecule has 0 fully saturated rings. The maximum Gasteiger partial charge on any atom is 0.0219 e. The Balaban J connectivity index is 4.32. The van der Waals surface area contributed by atoms with Gasteiger partial charge in [0.05, 0.1) is 0 Å². The summed E-state index contributed by atoms with van der Waals surface area (Å²) in [5, 5.41) is 0. The number of hydrogen-bond acceptors (Lipinski definition) is 2. The smallest absolute Gasteiger partial charge is 0.0219 e. The van der Waals surface area contributed by atoms with Crippen molar-refractivity contribution in [1.29, 1.82) is 0 Å². The summed E-state index contributed by atoms with van der Waals surface area (Å²) in [5.74, 6) is 1.44. The normalized spacial score (nSPS) is 16.4. The highest BCUT2D eigenvalue weighted by molar-refractivity contribution is 4.78. The molecule has 0 aliphatic carbocycles. The molecule has 0 saturated carbocycles. The molecule has 0 rings (SSSR count). The van der Waals surface area contributed by atoms with Gasteiger partial charge in [0, 0.05) is 25.2 Å². The van der Waals surface area contributed by atoms with Crippen molar-refractivity contribution in [2.45, 2.75) is 60.0 Å². The second-order valence-electron chi connectivity index (χ2n) is 5.55. The van der Waals surface area contributed by atoms with E-state index in [1.54, 1.807) is 0 Å². The Morgan fingerprint density at radius 2 is 1.33 bits per heavy atom. The number of hydrogen-bond donors (Lipinski definition) is 1. The van der Waals surface area contributed by atoms with Crippen LogP contribution in [0.4, 0.5) is 0 Å². The van der Waals surface area contributed by atoms with Crippen LogP contribution in [0.1, 0.15) is 48.0 Å². The summed E-state index contributed by atoms with van der Waals surface area (Å²) in [5.41, 5.74) is 6.13. The van der Waals surface area contributed by atoms with Crippen LogP contribution in [0.3, 0.4) is 0 Å². The third kappa shape index (κ3) is 6.16. The first-order valence-corrected chi connectivity index (χ1v) is 6.38. The number of nitrogens with two attached hydrogens (primary N) is 1. The molecule has 0 radical (unpaired) electrons. The molecule has 15 heavy (non-hydrogen) atoms. The summed E-state index contributed by atoms with van der Waals surface area (Å²) >= 11 is 0. The van der Waals surface area contributed by atoms with Crippen molar-refractivity contribution in [1.82, 2.24) is 4.90 Å². The standard InChI is InChI=1S/C13H30N2/c1-7-13(14)12(6)15(8-10(2)3)9-11(4)5/h10-13H,7-9,14H2,1-6H3. The lowest BCUT2D eigenvalue weighted by Crippen LogP contribution is -2.48. The average Bonchev–Trinajstić information content (AvgIpc) is 2.13. The molecule has 2 N–H and O–H groups in total. The molecule has 0 spiro atoms. The van der Waals surface area contributed by atoms with Gasteiger partial charge in [-0.25, -0.2) is 0 Å². The van der Waals surface area contributed by atoms with E-state index in [1.165, 1.54) is 0 Å². The van der Waals surface area contributed by atoms with Crippen molar-refractivity contribution in [2.24, 2.45) is 17.6 Å². The number of nitrogens with zero attached hydrogens (tertiary/aromatic N) is 1. The molecular formula is C13H30N2. The summed E-state index contributed by atoms with van der Waals surface area (Å²) in [6, 6.07) is 0.808. The van der Waals surface area contributed by atoms with Gasteiger partial charge in [0.2, 0.25) is 0 Å². The second kappa shape index (κ2) is 7.24. The SMILES string of the molecule is CCC(N)C(C)N(CC(C)C)CC(C)C. The van der Waals surface area contributed by atoms with E-state index >= 15 is 0 Å². The second-order valence-corrected chi connectivity index (χ2v) is 5.55. The van der Waals surface area contributed by atoms with Crippen LogP contribution in [0.2, 0.25) is 0 Å². The lowest BCUT2D eigenvalue weighted by atomic mass is 10.0. The summed E-state index contributed by atoms with van der Waals surface area (Å²) in [4.78, 5) is 2.55. The minimum absolute atomic E-state index is 0.308. The van der Waals surface area contributed by atoms with Crippen molar-refractivity contribution in [3.05, 3.63) is 0 Å². The van der Waals surface area contributed by atoms with Gasteiger partial charge >= 0.3 is 0 Å². The molecule has 0 bridgehead atoms. The Morgan fingerprint density at radius 1 is 0.933 bits per heavy atom. The third-order valence-electron chi connectivity index (χ3n) is 2.87. The van der Waals surface area contributed by atoms with Crippen LogP contribution in [-0.4, -0.2) is 30.1 Å². The monoisotopic (exact) mass is 214 g/mol. The minimum Gasteiger partial charge on any atom is -0.326 e. The third-order valence-corrected chi connectivity index (χ3v) is 2.87. The Bertz CT molecular complexity index is 145. The highest BCUT2D eigenvalue weighted by Crippen LogP contribution is 2.11. The lowest BCUT2D eigenvalue weighted by molar-refractivity contribution is 0.145. The first-order valence-electron chi connectivity index (χ1n) is 6.38. The quantitative estimate of drug-likeness (QED) is 0.706. The fourth-order valence-corrected chi connectivity index (χ4v) is 1.96. The zero-order valence-electron chi connectivity index (χ0n) is 11.5. The molecule has 2 unspecified atom stereocenters. The highest BCUT2D eigenvalue weighted by Gasteiger charge is 2.20. The van der Waals surface area contributed by atoms with Crippen LogP contribution < -0.4 is 5.73 Å². The van der Waals surface area contributed by atoms with Gasteiger partial charge in [-0.3, -0.25) is 4.90 Å². The molecule has 2 nitrogen and oxygen atoms in total. The Morgan fingerprint density at radius 3 is 1.60 bits per heavy atom. The van der Waals surface area contributed by atoms with Crippen molar-refractivity contribution < 1.29 is 0 Å². The van der Waals surface area contributed by atoms with E-state index in [0.717, 1.165) is 31.3 Å². The predicted octanol–water partition coefficient (Wildman–Crippen LogP) is 2.73. The minimum atomic E-state index is 0.308. The highest BCUT2D eigenvalue weighted by atomic mass is 15.2. The Kier molecular flexibility index (Phi) is 7.20. The maximum absolute atomic E-state index is 6.13. The largest absolute Gasteiger partial charge is 0.326 e. The zero-order chi connectivity index (χ0) is 12.0. The van der Waals surface area contributed by atoms with Gasteiger partial charge in [-0.05, 0) is 25.2 Å².